The SMILES string of the molecule is CC/C=C\C/C=C\C/C=C\C/C=C\C/C=C\C/C=C\C/C=C\C/C=C\C/C=C\C/C=C\CCCCC(=O)OC(COC(=O)CCCCCCCCCCCCCCCC)COP(=O)(O)OCCN. The summed E-state index contributed by atoms with van der Waals surface area (Å²) >= 11 is 0. The average Bonchev–Trinajstić information content (AvgIpc) is 3.33. The fraction of sp³-hybridized carbons (Fsp3) is 0.621. The summed E-state index contributed by atoms with van der Waals surface area (Å²) < 4.78 is 32.9. The van der Waals surface area contributed by atoms with E-state index in [4.69, 9.17) is 24.3 Å². The molecule has 0 bridgehead atoms. The Morgan fingerprint density at radius 2 is 0.809 bits per heavy atom. The maximum Gasteiger partial charge on any atom is 0.472 e. The minimum atomic E-state index is -4.40. The molecule has 386 valence electrons. The number of unbranched alkanes of at least 4 members (excludes halogenated alkanes) is 15. The van der Waals surface area contributed by atoms with Crippen LogP contribution in [0.25, 0.3) is 0 Å². The summed E-state index contributed by atoms with van der Waals surface area (Å²) in [6.45, 7) is 3.56. The second kappa shape index (κ2) is 52.8. The number of carbonyl (C=O) groups is 2. The van der Waals surface area contributed by atoms with Crippen LogP contribution >= 0.6 is 7.82 Å². The molecule has 0 aromatic heterocycles. The van der Waals surface area contributed by atoms with Crippen LogP contribution in [-0.4, -0.2) is 49.3 Å². The highest BCUT2D eigenvalue weighted by molar-refractivity contribution is 7.47. The van der Waals surface area contributed by atoms with E-state index in [0.717, 1.165) is 96.3 Å². The van der Waals surface area contributed by atoms with Crippen LogP contribution in [0.1, 0.15) is 200 Å². The van der Waals surface area contributed by atoms with E-state index in [1.54, 1.807) is 0 Å². The highest BCUT2D eigenvalue weighted by atomic mass is 31.2. The molecule has 0 aliphatic heterocycles. The summed E-state index contributed by atoms with van der Waals surface area (Å²) in [6, 6.07) is 0. The van der Waals surface area contributed by atoms with Crippen LogP contribution < -0.4 is 5.73 Å². The van der Waals surface area contributed by atoms with Gasteiger partial charge in [-0.25, -0.2) is 4.57 Å². The molecule has 0 radical (unpaired) electrons. The van der Waals surface area contributed by atoms with E-state index in [9.17, 15) is 19.0 Å². The van der Waals surface area contributed by atoms with Gasteiger partial charge in [0.1, 0.15) is 6.61 Å². The minimum absolute atomic E-state index is 0.0406. The molecule has 68 heavy (non-hydrogen) atoms. The van der Waals surface area contributed by atoms with Crippen molar-refractivity contribution < 1.29 is 37.6 Å². The van der Waals surface area contributed by atoms with Gasteiger partial charge < -0.3 is 20.1 Å². The van der Waals surface area contributed by atoms with E-state index in [2.05, 4.69) is 135 Å². The fourth-order valence-electron chi connectivity index (χ4n) is 6.72. The van der Waals surface area contributed by atoms with E-state index in [1.165, 1.54) is 70.6 Å². The topological polar surface area (TPSA) is 134 Å². The monoisotopic (exact) mass is 966 g/mol. The lowest BCUT2D eigenvalue weighted by molar-refractivity contribution is -0.161. The standard InChI is InChI=1S/C58H96NO8P/c1-3-5-7-9-11-13-15-17-19-20-21-22-23-24-25-26-27-28-29-30-31-32-33-34-35-36-37-39-41-43-45-47-49-51-58(61)67-56(55-66-68(62,63)65-53-52-59)54-64-57(60)50-48-46-44-42-40-38-18-16-14-12-10-8-6-4-2/h5,7,11,13,17,19,21-22,24-25,27-28,30-31,33-34,36-37,41,43,56H,3-4,6,8-10,12,14-16,18,20,23,26,29,32,35,38-40,42,44-55,59H2,1-2H3,(H,62,63)/b7-5-,13-11-,19-17-,22-21-,25-24-,28-27-,31-30-,34-33-,37-36-,43-41-. The Balaban J connectivity index is 4.15. The number of hydrogen-bond acceptors (Lipinski definition) is 8. The average molecular weight is 966 g/mol. The van der Waals surface area contributed by atoms with Crippen LogP contribution in [0.4, 0.5) is 0 Å². The molecule has 2 unspecified atom stereocenters. The molecule has 0 saturated heterocycles. The summed E-state index contributed by atoms with van der Waals surface area (Å²) in [4.78, 5) is 35.0. The van der Waals surface area contributed by atoms with E-state index < -0.39 is 32.5 Å². The molecule has 0 aromatic rings. The molecule has 10 heteroatoms. The van der Waals surface area contributed by atoms with Gasteiger partial charge in [-0.15, -0.1) is 0 Å². The van der Waals surface area contributed by atoms with Crippen LogP contribution in [-0.2, 0) is 32.7 Å². The van der Waals surface area contributed by atoms with Crippen LogP contribution in [0, 0.1) is 0 Å². The summed E-state index contributed by atoms with van der Waals surface area (Å²) in [5, 5.41) is 0. The first-order valence-electron chi connectivity index (χ1n) is 26.5. The van der Waals surface area contributed by atoms with Crippen LogP contribution in [0.2, 0.25) is 0 Å². The minimum Gasteiger partial charge on any atom is -0.462 e. The van der Waals surface area contributed by atoms with E-state index in [0.29, 0.717) is 6.42 Å². The summed E-state index contributed by atoms with van der Waals surface area (Å²) in [5.41, 5.74) is 5.36. The predicted octanol–water partition coefficient (Wildman–Crippen LogP) is 16.4. The van der Waals surface area contributed by atoms with Crippen LogP contribution in [0.3, 0.4) is 0 Å². The third-order valence-corrected chi connectivity index (χ3v) is 11.6. The molecule has 9 nitrogen and oxygen atoms in total. The van der Waals surface area contributed by atoms with Crippen molar-refractivity contribution >= 4 is 19.8 Å². The Bertz CT molecular complexity index is 1520. The number of rotatable bonds is 48. The second-order valence-corrected chi connectivity index (χ2v) is 18.5. The molecular weight excluding hydrogens is 870 g/mol. The Hall–Kier alpha value is -3.59. The second-order valence-electron chi connectivity index (χ2n) is 17.0. The molecule has 0 aliphatic rings. The number of hydrogen-bond donors (Lipinski definition) is 2. The first-order chi connectivity index (χ1) is 33.3. The van der Waals surface area contributed by atoms with Gasteiger partial charge in [-0.05, 0) is 89.9 Å². The number of nitrogens with two attached hydrogens (primary N) is 1. The predicted molar refractivity (Wildman–Crippen MR) is 288 cm³/mol. The highest BCUT2D eigenvalue weighted by Gasteiger charge is 2.26. The van der Waals surface area contributed by atoms with Gasteiger partial charge in [-0.3, -0.25) is 18.6 Å². The fourth-order valence-corrected chi connectivity index (χ4v) is 7.49. The first-order valence-corrected chi connectivity index (χ1v) is 28.0. The van der Waals surface area contributed by atoms with Gasteiger partial charge in [0.05, 0.1) is 13.2 Å². The zero-order valence-corrected chi connectivity index (χ0v) is 43.7. The molecule has 0 saturated carbocycles. The first kappa shape index (κ1) is 64.4. The maximum absolute atomic E-state index is 12.6. The van der Waals surface area contributed by atoms with Gasteiger partial charge >= 0.3 is 19.8 Å². The number of allylic oxidation sites excluding steroid dienone is 20. The lowest BCUT2D eigenvalue weighted by atomic mass is 10.0. The summed E-state index contributed by atoms with van der Waals surface area (Å²) in [6.07, 6.45) is 72.5. The van der Waals surface area contributed by atoms with E-state index >= 15 is 0 Å². The van der Waals surface area contributed by atoms with Crippen molar-refractivity contribution in [3.63, 3.8) is 0 Å². The third-order valence-electron chi connectivity index (χ3n) is 10.6. The highest BCUT2D eigenvalue weighted by Crippen LogP contribution is 2.43. The van der Waals surface area contributed by atoms with E-state index in [1.807, 2.05) is 0 Å². The van der Waals surface area contributed by atoms with Gasteiger partial charge in [0.2, 0.25) is 0 Å². The molecule has 0 heterocycles. The Labute approximate surface area is 415 Å². The zero-order chi connectivity index (χ0) is 49.5. The smallest absolute Gasteiger partial charge is 0.462 e. The number of phosphoric ester groups is 1. The van der Waals surface area contributed by atoms with Crippen molar-refractivity contribution in [3.8, 4) is 0 Å². The molecular formula is C58H96NO8P. The van der Waals surface area contributed by atoms with Gasteiger partial charge in [0.15, 0.2) is 6.10 Å². The molecule has 0 aromatic carbocycles. The van der Waals surface area contributed by atoms with Crippen molar-refractivity contribution in [2.24, 2.45) is 5.73 Å². The normalized spacial score (nSPS) is 14.1. The number of carbonyl (C=O) groups excluding carboxylic acids is 2. The van der Waals surface area contributed by atoms with Crippen molar-refractivity contribution in [3.05, 3.63) is 122 Å². The van der Waals surface area contributed by atoms with Gasteiger partial charge in [0, 0.05) is 19.4 Å². The molecule has 2 atom stereocenters. The summed E-state index contributed by atoms with van der Waals surface area (Å²) in [7, 11) is -4.40. The van der Waals surface area contributed by atoms with Gasteiger partial charge in [-0.2, -0.15) is 0 Å². The van der Waals surface area contributed by atoms with Gasteiger partial charge in [0.25, 0.3) is 0 Å². The van der Waals surface area contributed by atoms with Gasteiger partial charge in [-0.1, -0.05) is 219 Å². The molecule has 3 N–H and O–H groups in total. The van der Waals surface area contributed by atoms with Crippen LogP contribution in [0.5, 0.6) is 0 Å². The van der Waals surface area contributed by atoms with Crippen molar-refractivity contribution in [2.45, 2.75) is 206 Å². The van der Waals surface area contributed by atoms with Crippen molar-refractivity contribution in [2.75, 3.05) is 26.4 Å². The Morgan fingerprint density at radius 1 is 0.456 bits per heavy atom. The van der Waals surface area contributed by atoms with Crippen molar-refractivity contribution in [1.82, 2.24) is 0 Å². The molecule has 0 spiro atoms. The molecule has 0 rings (SSSR count). The number of phosphoric acid groups is 1. The third kappa shape index (κ3) is 51.8. The largest absolute Gasteiger partial charge is 0.472 e. The van der Waals surface area contributed by atoms with Crippen molar-refractivity contribution in [1.29, 1.82) is 0 Å². The molecule has 0 aliphatic carbocycles. The lowest BCUT2D eigenvalue weighted by Crippen LogP contribution is -2.29. The lowest BCUT2D eigenvalue weighted by Gasteiger charge is -2.19. The summed E-state index contributed by atoms with van der Waals surface area (Å²) in [5.74, 6) is -0.885. The van der Waals surface area contributed by atoms with E-state index in [-0.39, 0.29) is 32.6 Å². The Morgan fingerprint density at radius 3 is 1.21 bits per heavy atom. The molecule has 0 amide bonds. The number of ether oxygens (including phenoxy) is 2. The number of esters is 2. The van der Waals surface area contributed by atoms with Crippen LogP contribution in [0.15, 0.2) is 122 Å². The maximum atomic E-state index is 12.6. The molecule has 0 fully saturated rings. The zero-order valence-electron chi connectivity index (χ0n) is 42.8. The Kier molecular flexibility index (Phi) is 50.0. The quantitative estimate of drug-likeness (QED) is 0.0264.